The second kappa shape index (κ2) is 49.8. The molecule has 3 atom stereocenters. The van der Waals surface area contributed by atoms with Crippen LogP contribution in [0.15, 0.2) is 97.2 Å². The summed E-state index contributed by atoms with van der Waals surface area (Å²) in [5, 5.41) is 21.9. The number of esters is 1. The molecular weight excluding hydrogens is 878 g/mol. The Labute approximate surface area is 413 Å². The fourth-order valence-electron chi connectivity index (χ4n) is 6.82. The minimum absolute atomic E-state index is 0.137. The monoisotopic (exact) mass is 972 g/mol. The second-order valence-electron chi connectivity index (χ2n) is 17.3. The summed E-state index contributed by atoms with van der Waals surface area (Å²) < 4.78 is 27.0. The van der Waals surface area contributed by atoms with E-state index in [4.69, 9.17) is 13.8 Å². The molecule has 0 spiro atoms. The van der Waals surface area contributed by atoms with Crippen molar-refractivity contribution in [3.05, 3.63) is 97.2 Å². The zero-order valence-electron chi connectivity index (χ0n) is 42.4. The zero-order chi connectivity index (χ0) is 49.9. The number of phosphoric ester groups is 1. The number of ether oxygens (including phenoxy) is 1. The van der Waals surface area contributed by atoms with Gasteiger partial charge < -0.3 is 25.2 Å². The molecular formula is C56H94NO10P. The van der Waals surface area contributed by atoms with Crippen LogP contribution in [0.3, 0.4) is 0 Å². The minimum atomic E-state index is -4.78. The lowest BCUT2D eigenvalue weighted by Crippen LogP contribution is -2.43. The first-order valence-electron chi connectivity index (χ1n) is 26.3. The van der Waals surface area contributed by atoms with Gasteiger partial charge in [0.1, 0.15) is 12.7 Å². The molecule has 4 N–H and O–H groups in total. The third kappa shape index (κ3) is 48.8. The van der Waals surface area contributed by atoms with Crippen LogP contribution in [0.5, 0.6) is 0 Å². The number of phosphoric acid groups is 1. The molecule has 0 aliphatic carbocycles. The molecule has 11 nitrogen and oxygen atoms in total. The molecule has 68 heavy (non-hydrogen) atoms. The van der Waals surface area contributed by atoms with Crippen LogP contribution >= 0.6 is 7.82 Å². The predicted octanol–water partition coefficient (Wildman–Crippen LogP) is 14.8. The Balaban J connectivity index is 3.89. The van der Waals surface area contributed by atoms with E-state index in [0.717, 1.165) is 96.3 Å². The van der Waals surface area contributed by atoms with Crippen molar-refractivity contribution < 1.29 is 47.8 Å². The Hall–Kier alpha value is -3.60. The number of unbranched alkanes of at least 4 members (excludes halogenated alkanes) is 18. The molecule has 0 aliphatic rings. The highest BCUT2D eigenvalue weighted by Gasteiger charge is 2.28. The van der Waals surface area contributed by atoms with E-state index in [1.807, 2.05) is 0 Å². The lowest BCUT2D eigenvalue weighted by atomic mass is 10.0. The Morgan fingerprint density at radius 1 is 0.485 bits per heavy atom. The van der Waals surface area contributed by atoms with Crippen molar-refractivity contribution in [1.82, 2.24) is 5.32 Å². The van der Waals surface area contributed by atoms with E-state index < -0.39 is 57.6 Å². The van der Waals surface area contributed by atoms with Gasteiger partial charge in [0.25, 0.3) is 0 Å². The van der Waals surface area contributed by atoms with Crippen molar-refractivity contribution in [3.8, 4) is 0 Å². The van der Waals surface area contributed by atoms with Gasteiger partial charge in [-0.25, -0.2) is 9.36 Å². The van der Waals surface area contributed by atoms with E-state index in [1.54, 1.807) is 0 Å². The van der Waals surface area contributed by atoms with Crippen molar-refractivity contribution in [2.24, 2.45) is 0 Å². The van der Waals surface area contributed by atoms with Gasteiger partial charge in [0.05, 0.1) is 13.2 Å². The van der Waals surface area contributed by atoms with Gasteiger partial charge in [-0.3, -0.25) is 18.6 Å². The maximum atomic E-state index is 12.4. The molecule has 0 aromatic heterocycles. The number of allylic oxidation sites excluding steroid dienone is 16. The SMILES string of the molecule is CC/C=C\C/C=C\C/C=C\C/C=C\C/C=C\C/C=C\CCCCCCC(=O)OCC(O)COP(=O)(O)OCC(NC(=O)CCCCCCCCCCCCC/C=C\C/C=C\CCCCC)C(=O)O. The fraction of sp³-hybridized carbons (Fsp3) is 0.661. The van der Waals surface area contributed by atoms with Crippen molar-refractivity contribution in [2.45, 2.75) is 219 Å². The quantitative estimate of drug-likeness (QED) is 0.0199. The third-order valence-corrected chi connectivity index (χ3v) is 11.8. The van der Waals surface area contributed by atoms with Gasteiger partial charge in [0.2, 0.25) is 5.91 Å². The molecule has 0 radical (unpaired) electrons. The number of hydrogen-bond donors (Lipinski definition) is 4. The maximum Gasteiger partial charge on any atom is 0.472 e. The molecule has 1 amide bonds. The summed E-state index contributed by atoms with van der Waals surface area (Å²) in [6, 6.07) is -1.56. The summed E-state index contributed by atoms with van der Waals surface area (Å²) in [6.45, 7) is 2.44. The molecule has 0 heterocycles. The van der Waals surface area contributed by atoms with Crippen LogP contribution in [-0.2, 0) is 32.7 Å². The number of carbonyl (C=O) groups excluding carboxylic acids is 2. The average Bonchev–Trinajstić information content (AvgIpc) is 3.32. The van der Waals surface area contributed by atoms with Gasteiger partial charge in [-0.05, 0) is 96.3 Å². The summed E-state index contributed by atoms with van der Waals surface area (Å²) in [7, 11) is -4.78. The summed E-state index contributed by atoms with van der Waals surface area (Å²) >= 11 is 0. The normalized spacial score (nSPS) is 14.3. The Morgan fingerprint density at radius 3 is 1.28 bits per heavy atom. The number of aliphatic hydroxyl groups excluding tert-OH is 1. The number of amides is 1. The number of carboxylic acids is 1. The summed E-state index contributed by atoms with van der Waals surface area (Å²) in [5.74, 6) is -2.41. The van der Waals surface area contributed by atoms with Gasteiger partial charge in [0.15, 0.2) is 6.04 Å². The standard InChI is InChI=1S/C56H94NO10P/c1-3-5-7-9-11-13-15-17-19-21-23-25-26-28-30-32-34-36-38-40-42-44-46-48-55(60)65-49-52(58)50-66-68(63,64)67-51-53(56(61)62)57-54(59)47-45-43-41-39-37-35-33-31-29-27-24-22-20-18-16-14-12-10-8-6-4-2/h5,7,11-14,17-20,23,25,28,30,34,36,52-53,58H,3-4,6,8-10,15-16,21-22,24,26-27,29,31-33,35,37-51H2,1-2H3,(H,57,59)(H,61,62)(H,63,64)/b7-5-,13-11-,14-12-,19-17-,20-18-,25-23-,30-28-,36-34-. The molecule has 0 rings (SSSR count). The van der Waals surface area contributed by atoms with E-state index >= 15 is 0 Å². The van der Waals surface area contributed by atoms with Gasteiger partial charge in [-0.1, -0.05) is 195 Å². The van der Waals surface area contributed by atoms with Crippen molar-refractivity contribution in [2.75, 3.05) is 19.8 Å². The second-order valence-corrected chi connectivity index (χ2v) is 18.8. The molecule has 0 saturated heterocycles. The first-order chi connectivity index (χ1) is 33.1. The van der Waals surface area contributed by atoms with Gasteiger partial charge >= 0.3 is 19.8 Å². The number of rotatable bonds is 48. The first kappa shape index (κ1) is 64.4. The lowest BCUT2D eigenvalue weighted by Gasteiger charge is -2.18. The van der Waals surface area contributed by atoms with Crippen LogP contribution in [0, 0.1) is 0 Å². The minimum Gasteiger partial charge on any atom is -0.480 e. The van der Waals surface area contributed by atoms with Gasteiger partial charge in [-0.15, -0.1) is 0 Å². The molecule has 3 unspecified atom stereocenters. The van der Waals surface area contributed by atoms with Crippen LogP contribution in [0.1, 0.15) is 206 Å². The highest BCUT2D eigenvalue weighted by atomic mass is 31.2. The van der Waals surface area contributed by atoms with Gasteiger partial charge in [0, 0.05) is 12.8 Å². The molecule has 0 bridgehead atoms. The van der Waals surface area contributed by atoms with Crippen molar-refractivity contribution in [3.63, 3.8) is 0 Å². The molecule has 0 aromatic carbocycles. The van der Waals surface area contributed by atoms with Crippen LogP contribution in [0.2, 0.25) is 0 Å². The third-order valence-electron chi connectivity index (χ3n) is 10.9. The Morgan fingerprint density at radius 2 is 0.853 bits per heavy atom. The smallest absolute Gasteiger partial charge is 0.472 e. The Kier molecular flexibility index (Phi) is 47.2. The molecule has 0 fully saturated rings. The van der Waals surface area contributed by atoms with E-state index in [9.17, 15) is 34.1 Å². The van der Waals surface area contributed by atoms with Crippen LogP contribution in [0.4, 0.5) is 0 Å². The lowest BCUT2D eigenvalue weighted by molar-refractivity contribution is -0.147. The number of aliphatic carboxylic acids is 1. The van der Waals surface area contributed by atoms with E-state index in [2.05, 4.69) is 116 Å². The highest BCUT2D eigenvalue weighted by molar-refractivity contribution is 7.47. The maximum absolute atomic E-state index is 12.4. The summed E-state index contributed by atoms with van der Waals surface area (Å²) in [6.07, 6.45) is 64.2. The highest BCUT2D eigenvalue weighted by Crippen LogP contribution is 2.43. The first-order valence-corrected chi connectivity index (χ1v) is 27.8. The number of carboxylic acid groups (broad SMARTS) is 1. The Bertz CT molecular complexity index is 1510. The number of aliphatic hydroxyl groups is 1. The molecule has 0 aliphatic heterocycles. The molecule has 0 saturated carbocycles. The van der Waals surface area contributed by atoms with Crippen molar-refractivity contribution in [1.29, 1.82) is 0 Å². The largest absolute Gasteiger partial charge is 0.480 e. The number of carbonyl (C=O) groups is 3. The van der Waals surface area contributed by atoms with E-state index in [1.165, 1.54) is 70.6 Å². The van der Waals surface area contributed by atoms with Gasteiger partial charge in [-0.2, -0.15) is 0 Å². The summed E-state index contributed by atoms with van der Waals surface area (Å²) in [5.41, 5.74) is 0. The molecule has 0 aromatic rings. The van der Waals surface area contributed by atoms with Crippen LogP contribution in [-0.4, -0.2) is 64.9 Å². The summed E-state index contributed by atoms with van der Waals surface area (Å²) in [4.78, 5) is 46.2. The van der Waals surface area contributed by atoms with Crippen LogP contribution < -0.4 is 5.32 Å². The predicted molar refractivity (Wildman–Crippen MR) is 281 cm³/mol. The number of hydrogen-bond acceptors (Lipinski definition) is 8. The number of nitrogens with one attached hydrogen (secondary N) is 1. The van der Waals surface area contributed by atoms with Crippen molar-refractivity contribution >= 4 is 25.7 Å². The molecule has 12 heteroatoms. The van der Waals surface area contributed by atoms with E-state index in [-0.39, 0.29) is 12.8 Å². The topological polar surface area (TPSA) is 169 Å². The average molecular weight is 972 g/mol. The van der Waals surface area contributed by atoms with E-state index in [0.29, 0.717) is 12.8 Å². The zero-order valence-corrected chi connectivity index (χ0v) is 43.3. The van der Waals surface area contributed by atoms with Crippen LogP contribution in [0.25, 0.3) is 0 Å². The fourth-order valence-corrected chi connectivity index (χ4v) is 7.59. The molecule has 388 valence electrons.